The lowest BCUT2D eigenvalue weighted by molar-refractivity contribution is -0.153. The zero-order chi connectivity index (χ0) is 20.4. The van der Waals surface area contributed by atoms with Gasteiger partial charge in [-0.2, -0.15) is 26.3 Å². The molecule has 0 aliphatic heterocycles. The molecule has 1 amide bonds. The second-order valence-corrected chi connectivity index (χ2v) is 5.19. The summed E-state index contributed by atoms with van der Waals surface area (Å²) in [6.07, 6.45) is -9.64. The average molecular weight is 399 g/mol. The van der Waals surface area contributed by atoms with Crippen LogP contribution in [0.4, 0.5) is 40.8 Å². The Bertz CT molecular complexity index is 845. The van der Waals surface area contributed by atoms with Crippen LogP contribution in [-0.4, -0.2) is 18.7 Å². The van der Waals surface area contributed by atoms with Crippen LogP contribution in [-0.2, 0) is 6.18 Å². The van der Waals surface area contributed by atoms with Crippen LogP contribution in [0, 0.1) is 11.6 Å². The molecule has 0 radical (unpaired) electrons. The van der Waals surface area contributed by atoms with Crippen molar-refractivity contribution >= 4 is 11.6 Å². The summed E-state index contributed by atoms with van der Waals surface area (Å²) in [6, 6.07) is 3.20. The Morgan fingerprint density at radius 1 is 0.963 bits per heavy atom. The molecule has 0 aromatic heterocycles. The predicted molar refractivity (Wildman–Crippen MR) is 77.3 cm³/mol. The lowest BCUT2D eigenvalue weighted by atomic mass is 10.1. The summed E-state index contributed by atoms with van der Waals surface area (Å²) < 4.78 is 106. The van der Waals surface area contributed by atoms with Crippen molar-refractivity contribution in [1.82, 2.24) is 0 Å². The van der Waals surface area contributed by atoms with E-state index < -0.39 is 59.1 Å². The maximum atomic E-state index is 13.6. The van der Waals surface area contributed by atoms with E-state index >= 15 is 0 Å². The first-order valence-electron chi connectivity index (χ1n) is 7.04. The predicted octanol–water partition coefficient (Wildman–Crippen LogP) is 5.18. The number of hydrogen-bond donors (Lipinski definition) is 1. The lowest BCUT2D eigenvalue weighted by Crippen LogP contribution is -2.21. The first-order valence-corrected chi connectivity index (χ1v) is 7.04. The van der Waals surface area contributed by atoms with Crippen LogP contribution in [0.3, 0.4) is 0 Å². The zero-order valence-electron chi connectivity index (χ0n) is 13.0. The Hall–Kier alpha value is -2.85. The molecular weight excluding hydrogens is 390 g/mol. The highest BCUT2D eigenvalue weighted by molar-refractivity contribution is 6.05. The molecule has 146 valence electrons. The highest BCUT2D eigenvalue weighted by Gasteiger charge is 2.33. The minimum Gasteiger partial charge on any atom is -0.482 e. The van der Waals surface area contributed by atoms with Crippen molar-refractivity contribution < 1.29 is 44.7 Å². The van der Waals surface area contributed by atoms with Crippen LogP contribution in [0.25, 0.3) is 0 Å². The van der Waals surface area contributed by atoms with Crippen molar-refractivity contribution in [2.24, 2.45) is 0 Å². The normalized spacial score (nSPS) is 12.0. The largest absolute Gasteiger partial charge is 0.482 e. The van der Waals surface area contributed by atoms with E-state index in [4.69, 9.17) is 0 Å². The topological polar surface area (TPSA) is 38.3 Å². The van der Waals surface area contributed by atoms with Crippen LogP contribution in [0.1, 0.15) is 15.9 Å². The van der Waals surface area contributed by atoms with Crippen molar-refractivity contribution in [1.29, 1.82) is 0 Å². The molecule has 11 heteroatoms. The summed E-state index contributed by atoms with van der Waals surface area (Å²) in [7, 11) is 0. The third-order valence-corrected chi connectivity index (χ3v) is 3.12. The van der Waals surface area contributed by atoms with E-state index in [2.05, 4.69) is 4.74 Å². The molecule has 0 bridgehead atoms. The van der Waals surface area contributed by atoms with Gasteiger partial charge >= 0.3 is 12.4 Å². The van der Waals surface area contributed by atoms with Gasteiger partial charge in [-0.3, -0.25) is 4.79 Å². The van der Waals surface area contributed by atoms with Crippen molar-refractivity contribution in [3.05, 3.63) is 59.2 Å². The second kappa shape index (κ2) is 7.41. The van der Waals surface area contributed by atoms with Gasteiger partial charge in [0.1, 0.15) is 17.4 Å². The summed E-state index contributed by atoms with van der Waals surface area (Å²) in [5.74, 6) is -4.32. The fraction of sp³-hybridized carbons (Fsp3) is 0.188. The molecule has 0 unspecified atom stereocenters. The van der Waals surface area contributed by atoms with Crippen LogP contribution in [0.5, 0.6) is 5.75 Å². The Balaban J connectivity index is 2.37. The molecule has 0 atom stereocenters. The molecule has 2 aromatic carbocycles. The molecule has 0 aliphatic rings. The van der Waals surface area contributed by atoms with Gasteiger partial charge in [-0.15, -0.1) is 0 Å². The number of amides is 1. The van der Waals surface area contributed by atoms with Gasteiger partial charge in [0.15, 0.2) is 6.61 Å². The maximum absolute atomic E-state index is 13.6. The van der Waals surface area contributed by atoms with Crippen LogP contribution < -0.4 is 10.1 Å². The fourth-order valence-electron chi connectivity index (χ4n) is 1.95. The van der Waals surface area contributed by atoms with E-state index in [0.717, 1.165) is 12.1 Å². The maximum Gasteiger partial charge on any atom is 0.422 e. The standard InChI is InChI=1S/C16H9F8NO2/c17-9-2-3-10(11(18)6-9)14(26)25-12-5-8(16(22,23)24)1-4-13(12)27-7-15(19,20)21/h1-6H,7H2,(H,25,26). The summed E-state index contributed by atoms with van der Waals surface area (Å²) in [4.78, 5) is 12.0. The lowest BCUT2D eigenvalue weighted by Gasteiger charge is -2.16. The molecular formula is C16H9F8NO2. The second-order valence-electron chi connectivity index (χ2n) is 5.19. The van der Waals surface area contributed by atoms with Gasteiger partial charge in [0.05, 0.1) is 16.8 Å². The SMILES string of the molecule is O=C(Nc1cc(C(F)(F)F)ccc1OCC(F)(F)F)c1ccc(F)cc1F. The van der Waals surface area contributed by atoms with Crippen molar-refractivity contribution in [2.75, 3.05) is 11.9 Å². The number of anilines is 1. The zero-order valence-corrected chi connectivity index (χ0v) is 13.0. The molecule has 1 N–H and O–H groups in total. The number of carbonyl (C=O) groups excluding carboxylic acids is 1. The quantitative estimate of drug-likeness (QED) is 0.720. The van der Waals surface area contributed by atoms with Crippen molar-refractivity contribution in [3.63, 3.8) is 0 Å². The third-order valence-electron chi connectivity index (χ3n) is 3.12. The highest BCUT2D eigenvalue weighted by atomic mass is 19.4. The number of hydrogen-bond acceptors (Lipinski definition) is 2. The van der Waals surface area contributed by atoms with Crippen LogP contribution in [0.2, 0.25) is 0 Å². The summed E-state index contributed by atoms with van der Waals surface area (Å²) in [5, 5.41) is 1.84. The molecule has 3 nitrogen and oxygen atoms in total. The minimum absolute atomic E-state index is 0.338. The first-order chi connectivity index (χ1) is 12.4. The van der Waals surface area contributed by atoms with E-state index in [1.54, 1.807) is 0 Å². The minimum atomic E-state index is -4.86. The monoisotopic (exact) mass is 399 g/mol. The van der Waals surface area contributed by atoms with Gasteiger partial charge < -0.3 is 10.1 Å². The number of benzene rings is 2. The van der Waals surface area contributed by atoms with E-state index in [9.17, 15) is 39.9 Å². The van der Waals surface area contributed by atoms with E-state index in [-0.39, 0.29) is 0 Å². The Labute approximate surface area is 146 Å². The fourth-order valence-corrected chi connectivity index (χ4v) is 1.95. The Kier molecular flexibility index (Phi) is 5.62. The van der Waals surface area contributed by atoms with Gasteiger partial charge in [0.25, 0.3) is 5.91 Å². The van der Waals surface area contributed by atoms with Crippen LogP contribution in [0.15, 0.2) is 36.4 Å². The van der Waals surface area contributed by atoms with Crippen LogP contribution >= 0.6 is 0 Å². The molecule has 0 saturated carbocycles. The number of nitrogens with one attached hydrogen (secondary N) is 1. The molecule has 2 aromatic rings. The average Bonchev–Trinajstić information content (AvgIpc) is 2.51. The van der Waals surface area contributed by atoms with Gasteiger partial charge in [0, 0.05) is 6.07 Å². The third kappa shape index (κ3) is 5.56. The smallest absolute Gasteiger partial charge is 0.422 e. The Morgan fingerprint density at radius 3 is 2.19 bits per heavy atom. The summed E-state index contributed by atoms with van der Waals surface area (Å²) in [5.41, 5.74) is -2.77. The highest BCUT2D eigenvalue weighted by Crippen LogP contribution is 2.36. The number of alkyl halides is 6. The van der Waals surface area contributed by atoms with Gasteiger partial charge in [-0.25, -0.2) is 8.78 Å². The molecule has 27 heavy (non-hydrogen) atoms. The van der Waals surface area contributed by atoms with Gasteiger partial charge in [-0.1, -0.05) is 0 Å². The van der Waals surface area contributed by atoms with Crippen molar-refractivity contribution in [2.45, 2.75) is 12.4 Å². The van der Waals surface area contributed by atoms with Gasteiger partial charge in [-0.05, 0) is 30.3 Å². The van der Waals surface area contributed by atoms with E-state index in [1.807, 2.05) is 5.32 Å². The molecule has 0 fully saturated rings. The Morgan fingerprint density at radius 2 is 1.63 bits per heavy atom. The molecule has 2 rings (SSSR count). The van der Waals surface area contributed by atoms with E-state index in [1.165, 1.54) is 0 Å². The number of halogens is 8. The molecule has 0 spiro atoms. The summed E-state index contributed by atoms with van der Waals surface area (Å²) >= 11 is 0. The first kappa shape index (κ1) is 20.5. The molecule has 0 saturated heterocycles. The van der Waals surface area contributed by atoms with E-state index in [0.29, 0.717) is 24.3 Å². The number of ether oxygens (including phenoxy) is 1. The van der Waals surface area contributed by atoms with Crippen molar-refractivity contribution in [3.8, 4) is 5.75 Å². The molecule has 0 heterocycles. The molecule has 0 aliphatic carbocycles. The van der Waals surface area contributed by atoms with Gasteiger partial charge in [0.2, 0.25) is 0 Å². The summed E-state index contributed by atoms with van der Waals surface area (Å²) in [6.45, 7) is -1.83. The number of carbonyl (C=O) groups is 1. The number of rotatable bonds is 4.